The van der Waals surface area contributed by atoms with Gasteiger partial charge >= 0.3 is 5.97 Å². The Morgan fingerprint density at radius 1 is 1.23 bits per heavy atom. The van der Waals surface area contributed by atoms with E-state index >= 15 is 0 Å². The standard InChI is InChI=1S/C17H23NO4/c1-22-11-10-18(16(19)14-12-15(14)17(20)21)9-5-8-13-6-3-2-4-7-13/h2-4,6-7,14-15H,5,8-12H2,1H3,(H,20,21). The number of carbonyl (C=O) groups is 2. The van der Waals surface area contributed by atoms with Crippen molar-refractivity contribution in [3.05, 3.63) is 35.9 Å². The Hall–Kier alpha value is -1.88. The molecule has 1 N–H and O–H groups in total. The molecule has 120 valence electrons. The predicted molar refractivity (Wildman–Crippen MR) is 82.5 cm³/mol. The largest absolute Gasteiger partial charge is 0.481 e. The molecule has 2 rings (SSSR count). The normalized spacial score (nSPS) is 19.7. The number of amides is 1. The number of ether oxygens (including phenoxy) is 1. The summed E-state index contributed by atoms with van der Waals surface area (Å²) < 4.78 is 5.05. The van der Waals surface area contributed by atoms with Gasteiger partial charge in [0.05, 0.1) is 18.4 Å². The molecule has 0 bridgehead atoms. The lowest BCUT2D eigenvalue weighted by Gasteiger charge is -2.22. The van der Waals surface area contributed by atoms with Crippen LogP contribution in [0, 0.1) is 11.8 Å². The highest BCUT2D eigenvalue weighted by atomic mass is 16.5. The Morgan fingerprint density at radius 2 is 1.95 bits per heavy atom. The molecule has 5 heteroatoms. The molecule has 0 saturated heterocycles. The first-order valence-electron chi connectivity index (χ1n) is 7.68. The highest BCUT2D eigenvalue weighted by molar-refractivity contribution is 5.89. The van der Waals surface area contributed by atoms with Gasteiger partial charge in [-0.3, -0.25) is 9.59 Å². The molecule has 1 saturated carbocycles. The Labute approximate surface area is 130 Å². The maximum Gasteiger partial charge on any atom is 0.307 e. The summed E-state index contributed by atoms with van der Waals surface area (Å²) >= 11 is 0. The Balaban J connectivity index is 1.83. The summed E-state index contributed by atoms with van der Waals surface area (Å²) in [5.74, 6) is -1.75. The van der Waals surface area contributed by atoms with E-state index in [1.807, 2.05) is 18.2 Å². The summed E-state index contributed by atoms with van der Waals surface area (Å²) in [6, 6.07) is 10.1. The topological polar surface area (TPSA) is 66.8 Å². The van der Waals surface area contributed by atoms with Crippen LogP contribution < -0.4 is 0 Å². The number of nitrogens with zero attached hydrogens (tertiary/aromatic N) is 1. The fourth-order valence-electron chi connectivity index (χ4n) is 2.63. The minimum atomic E-state index is -0.866. The maximum absolute atomic E-state index is 12.4. The lowest BCUT2D eigenvalue weighted by atomic mass is 10.1. The first-order chi connectivity index (χ1) is 10.6. The molecule has 2 unspecified atom stereocenters. The number of methoxy groups -OCH3 is 1. The van der Waals surface area contributed by atoms with Crippen LogP contribution in [0.3, 0.4) is 0 Å². The second-order valence-corrected chi connectivity index (χ2v) is 5.69. The Bertz CT molecular complexity index is 503. The van der Waals surface area contributed by atoms with Gasteiger partial charge in [-0.25, -0.2) is 0 Å². The van der Waals surface area contributed by atoms with Crippen molar-refractivity contribution < 1.29 is 19.4 Å². The molecule has 0 aromatic heterocycles. The maximum atomic E-state index is 12.4. The van der Waals surface area contributed by atoms with Crippen molar-refractivity contribution in [3.8, 4) is 0 Å². The number of carboxylic acid groups (broad SMARTS) is 1. The lowest BCUT2D eigenvalue weighted by molar-refractivity contribution is -0.142. The van der Waals surface area contributed by atoms with E-state index in [9.17, 15) is 9.59 Å². The van der Waals surface area contributed by atoms with E-state index in [2.05, 4.69) is 12.1 Å². The molecule has 0 spiro atoms. The molecule has 1 aliphatic rings. The third-order valence-electron chi connectivity index (χ3n) is 4.04. The van der Waals surface area contributed by atoms with Crippen molar-refractivity contribution in [1.82, 2.24) is 4.90 Å². The molecule has 0 heterocycles. The summed E-state index contributed by atoms with van der Waals surface area (Å²) in [5.41, 5.74) is 1.25. The van der Waals surface area contributed by atoms with Crippen LogP contribution in [0.4, 0.5) is 0 Å². The van der Waals surface area contributed by atoms with Crippen molar-refractivity contribution in [2.45, 2.75) is 19.3 Å². The monoisotopic (exact) mass is 305 g/mol. The molecule has 0 aliphatic heterocycles. The minimum absolute atomic E-state index is 0.0440. The first kappa shape index (κ1) is 16.5. The van der Waals surface area contributed by atoms with Crippen molar-refractivity contribution in [1.29, 1.82) is 0 Å². The van der Waals surface area contributed by atoms with Gasteiger partial charge in [0.15, 0.2) is 0 Å². The average Bonchev–Trinajstić information content (AvgIpc) is 3.32. The molecule has 1 amide bonds. The fraction of sp³-hybridized carbons (Fsp3) is 0.529. The summed E-state index contributed by atoms with van der Waals surface area (Å²) in [4.78, 5) is 25.0. The second-order valence-electron chi connectivity index (χ2n) is 5.69. The van der Waals surface area contributed by atoms with Crippen LogP contribution >= 0.6 is 0 Å². The number of benzene rings is 1. The van der Waals surface area contributed by atoms with Crippen LogP contribution in [-0.2, 0) is 20.7 Å². The van der Waals surface area contributed by atoms with Crippen LogP contribution in [0.2, 0.25) is 0 Å². The van der Waals surface area contributed by atoms with Crippen LogP contribution in [0.15, 0.2) is 30.3 Å². The summed E-state index contributed by atoms with van der Waals surface area (Å²) in [6.07, 6.45) is 2.24. The van der Waals surface area contributed by atoms with Crippen molar-refractivity contribution in [2.75, 3.05) is 26.8 Å². The Kier molecular flexibility index (Phi) is 5.95. The van der Waals surface area contributed by atoms with Gasteiger partial charge in [0.1, 0.15) is 0 Å². The average molecular weight is 305 g/mol. The van der Waals surface area contributed by atoms with Crippen LogP contribution in [0.5, 0.6) is 0 Å². The predicted octanol–water partition coefficient (Wildman–Crippen LogP) is 1.81. The van der Waals surface area contributed by atoms with E-state index in [-0.39, 0.29) is 11.8 Å². The van der Waals surface area contributed by atoms with E-state index in [1.165, 1.54) is 5.56 Å². The highest BCUT2D eigenvalue weighted by Crippen LogP contribution is 2.40. The quantitative estimate of drug-likeness (QED) is 0.755. The molecule has 1 aliphatic carbocycles. The third-order valence-corrected chi connectivity index (χ3v) is 4.04. The van der Waals surface area contributed by atoms with Crippen LogP contribution in [0.1, 0.15) is 18.4 Å². The van der Waals surface area contributed by atoms with E-state index in [0.29, 0.717) is 26.1 Å². The van der Waals surface area contributed by atoms with Gasteiger partial charge in [-0.2, -0.15) is 0 Å². The van der Waals surface area contributed by atoms with Gasteiger partial charge in [-0.1, -0.05) is 30.3 Å². The van der Waals surface area contributed by atoms with Crippen molar-refractivity contribution in [3.63, 3.8) is 0 Å². The zero-order chi connectivity index (χ0) is 15.9. The highest BCUT2D eigenvalue weighted by Gasteiger charge is 2.49. The van der Waals surface area contributed by atoms with Crippen molar-refractivity contribution >= 4 is 11.9 Å². The van der Waals surface area contributed by atoms with E-state index in [1.54, 1.807) is 12.0 Å². The molecule has 1 aromatic carbocycles. The van der Waals surface area contributed by atoms with Crippen LogP contribution in [0.25, 0.3) is 0 Å². The van der Waals surface area contributed by atoms with Gasteiger partial charge in [-0.05, 0) is 24.8 Å². The zero-order valence-electron chi connectivity index (χ0n) is 12.9. The molecular formula is C17H23NO4. The molecule has 1 fully saturated rings. The smallest absolute Gasteiger partial charge is 0.307 e. The second kappa shape index (κ2) is 7.94. The number of carboxylic acids is 1. The van der Waals surface area contributed by atoms with Gasteiger partial charge in [-0.15, -0.1) is 0 Å². The summed E-state index contributed by atoms with van der Waals surface area (Å²) in [7, 11) is 1.60. The molecule has 22 heavy (non-hydrogen) atoms. The van der Waals surface area contributed by atoms with Gasteiger partial charge in [0, 0.05) is 20.2 Å². The lowest BCUT2D eigenvalue weighted by Crippen LogP contribution is -2.36. The van der Waals surface area contributed by atoms with Gasteiger partial charge in [0.25, 0.3) is 0 Å². The number of aliphatic carboxylic acids is 1. The number of carbonyl (C=O) groups excluding carboxylic acids is 1. The van der Waals surface area contributed by atoms with E-state index in [4.69, 9.17) is 9.84 Å². The summed E-state index contributed by atoms with van der Waals surface area (Å²) in [6.45, 7) is 1.63. The molecule has 2 atom stereocenters. The fourth-order valence-corrected chi connectivity index (χ4v) is 2.63. The Morgan fingerprint density at radius 3 is 2.55 bits per heavy atom. The van der Waals surface area contributed by atoms with Crippen molar-refractivity contribution in [2.24, 2.45) is 11.8 Å². The minimum Gasteiger partial charge on any atom is -0.481 e. The molecular weight excluding hydrogens is 282 g/mol. The molecule has 1 aromatic rings. The molecule has 0 radical (unpaired) electrons. The number of hydrogen-bond acceptors (Lipinski definition) is 3. The van der Waals surface area contributed by atoms with Crippen LogP contribution in [-0.4, -0.2) is 48.7 Å². The van der Waals surface area contributed by atoms with Gasteiger partial charge < -0.3 is 14.7 Å². The number of aryl methyl sites for hydroxylation is 1. The number of hydrogen-bond donors (Lipinski definition) is 1. The van der Waals surface area contributed by atoms with Gasteiger partial charge in [0.2, 0.25) is 5.91 Å². The SMILES string of the molecule is COCCN(CCCc1ccccc1)C(=O)C1CC1C(=O)O. The molecule has 5 nitrogen and oxygen atoms in total. The number of rotatable bonds is 9. The third kappa shape index (κ3) is 4.56. The first-order valence-corrected chi connectivity index (χ1v) is 7.68. The van der Waals surface area contributed by atoms with E-state index < -0.39 is 11.9 Å². The zero-order valence-corrected chi connectivity index (χ0v) is 12.9. The van der Waals surface area contributed by atoms with E-state index in [0.717, 1.165) is 12.8 Å². The summed E-state index contributed by atoms with van der Waals surface area (Å²) in [5, 5.41) is 8.96.